The molecule has 1 aromatic heterocycles. The number of halogens is 1. The lowest BCUT2D eigenvalue weighted by Crippen LogP contribution is -2.28. The van der Waals surface area contributed by atoms with Crippen molar-refractivity contribution in [1.29, 1.82) is 0 Å². The van der Waals surface area contributed by atoms with E-state index in [0.717, 1.165) is 0 Å². The van der Waals surface area contributed by atoms with Gasteiger partial charge in [0.25, 0.3) is 0 Å². The van der Waals surface area contributed by atoms with E-state index in [0.29, 0.717) is 17.3 Å². The second-order valence-electron chi connectivity index (χ2n) is 4.40. The van der Waals surface area contributed by atoms with Crippen LogP contribution in [-0.4, -0.2) is 21.2 Å². The summed E-state index contributed by atoms with van der Waals surface area (Å²) in [6.07, 6.45) is 3.10. The van der Waals surface area contributed by atoms with Gasteiger partial charge in [0.05, 0.1) is 11.1 Å². The van der Waals surface area contributed by atoms with E-state index in [9.17, 15) is 5.11 Å². The Labute approximate surface area is 89.2 Å². The molecule has 1 atom stereocenters. The van der Waals surface area contributed by atoms with E-state index in [4.69, 9.17) is 11.6 Å². The van der Waals surface area contributed by atoms with Gasteiger partial charge in [0.2, 0.25) is 0 Å². The number of hydrogen-bond donors (Lipinski definition) is 1. The summed E-state index contributed by atoms with van der Waals surface area (Å²) in [5, 5.41) is 10.3. The minimum absolute atomic E-state index is 0.150. The van der Waals surface area contributed by atoms with Gasteiger partial charge in [-0.25, -0.2) is 9.97 Å². The third kappa shape index (κ3) is 3.24. The fourth-order valence-electron chi connectivity index (χ4n) is 0.924. The predicted molar refractivity (Wildman–Crippen MR) is 56.2 cm³/mol. The fraction of sp³-hybridized carbons (Fsp3) is 0.600. The molecule has 1 aromatic rings. The van der Waals surface area contributed by atoms with Crippen LogP contribution in [0.15, 0.2) is 12.4 Å². The molecule has 0 spiro atoms. The molecule has 1 rings (SSSR count). The molecule has 0 aliphatic rings. The van der Waals surface area contributed by atoms with Crippen molar-refractivity contribution < 1.29 is 5.11 Å². The average Bonchev–Trinajstić information content (AvgIpc) is 2.07. The molecule has 0 saturated carbocycles. The summed E-state index contributed by atoms with van der Waals surface area (Å²) >= 11 is 5.65. The van der Waals surface area contributed by atoms with Gasteiger partial charge in [-0.15, -0.1) is 0 Å². The molecule has 0 aromatic carbocycles. The summed E-state index contributed by atoms with van der Waals surface area (Å²) in [7, 11) is 0. The predicted octanol–water partition coefficient (Wildman–Crippen LogP) is 2.08. The average molecular weight is 215 g/mol. The van der Waals surface area contributed by atoms with Gasteiger partial charge < -0.3 is 5.11 Å². The summed E-state index contributed by atoms with van der Waals surface area (Å²) in [5.41, 5.74) is -0.150. The molecule has 0 radical (unpaired) electrons. The van der Waals surface area contributed by atoms with Crippen LogP contribution in [0.2, 0.25) is 5.02 Å². The van der Waals surface area contributed by atoms with Crippen LogP contribution in [0.25, 0.3) is 0 Å². The van der Waals surface area contributed by atoms with Crippen molar-refractivity contribution in [3.63, 3.8) is 0 Å². The van der Waals surface area contributed by atoms with Crippen molar-refractivity contribution in [3.05, 3.63) is 23.2 Å². The highest BCUT2D eigenvalue weighted by molar-refractivity contribution is 6.30. The first-order valence-electron chi connectivity index (χ1n) is 4.54. The van der Waals surface area contributed by atoms with E-state index in [1.165, 1.54) is 0 Å². The highest BCUT2D eigenvalue weighted by Crippen LogP contribution is 2.21. The minimum atomic E-state index is -0.441. The van der Waals surface area contributed by atoms with E-state index in [2.05, 4.69) is 9.97 Å². The van der Waals surface area contributed by atoms with Crippen molar-refractivity contribution in [2.75, 3.05) is 0 Å². The molecule has 0 fully saturated rings. The molecule has 0 saturated heterocycles. The number of nitrogens with zero attached hydrogens (tertiary/aromatic N) is 2. The highest BCUT2D eigenvalue weighted by atomic mass is 35.5. The molecule has 0 aliphatic carbocycles. The van der Waals surface area contributed by atoms with Crippen molar-refractivity contribution in [2.45, 2.75) is 33.3 Å². The van der Waals surface area contributed by atoms with Crippen molar-refractivity contribution in [3.8, 4) is 0 Å². The topological polar surface area (TPSA) is 46.0 Å². The van der Waals surface area contributed by atoms with Gasteiger partial charge in [-0.05, 0) is 5.41 Å². The maximum atomic E-state index is 9.80. The second-order valence-corrected chi connectivity index (χ2v) is 4.84. The monoisotopic (exact) mass is 214 g/mol. The standard InChI is InChI=1S/C10H15ClN2O/c1-10(2,3)8(14)4-9-12-5-7(11)6-13-9/h5-6,8,14H,4H2,1-3H3. The van der Waals surface area contributed by atoms with E-state index in [1.807, 2.05) is 20.8 Å². The van der Waals surface area contributed by atoms with Crippen molar-refractivity contribution in [1.82, 2.24) is 9.97 Å². The van der Waals surface area contributed by atoms with Crippen LogP contribution in [0.4, 0.5) is 0 Å². The third-order valence-electron chi connectivity index (χ3n) is 2.05. The van der Waals surface area contributed by atoms with Gasteiger partial charge in [0.15, 0.2) is 0 Å². The smallest absolute Gasteiger partial charge is 0.130 e. The van der Waals surface area contributed by atoms with Crippen LogP contribution in [0, 0.1) is 5.41 Å². The zero-order chi connectivity index (χ0) is 10.8. The Hall–Kier alpha value is -0.670. The number of hydrogen-bond acceptors (Lipinski definition) is 3. The van der Waals surface area contributed by atoms with E-state index in [-0.39, 0.29) is 5.41 Å². The summed E-state index contributed by atoms with van der Waals surface area (Å²) in [4.78, 5) is 8.06. The van der Waals surface area contributed by atoms with E-state index < -0.39 is 6.10 Å². The number of aliphatic hydroxyl groups excluding tert-OH is 1. The Bertz CT molecular complexity index is 292. The Morgan fingerprint density at radius 1 is 1.36 bits per heavy atom. The molecule has 1 unspecified atom stereocenters. The summed E-state index contributed by atoms with van der Waals surface area (Å²) in [5.74, 6) is 0.622. The van der Waals surface area contributed by atoms with E-state index >= 15 is 0 Å². The van der Waals surface area contributed by atoms with Gasteiger partial charge >= 0.3 is 0 Å². The zero-order valence-corrected chi connectivity index (χ0v) is 9.41. The first-order chi connectivity index (χ1) is 6.39. The summed E-state index contributed by atoms with van der Waals surface area (Å²) in [6.45, 7) is 5.94. The zero-order valence-electron chi connectivity index (χ0n) is 8.66. The third-order valence-corrected chi connectivity index (χ3v) is 2.24. The van der Waals surface area contributed by atoms with E-state index in [1.54, 1.807) is 12.4 Å². The number of aromatic nitrogens is 2. The van der Waals surface area contributed by atoms with Gasteiger partial charge in [-0.2, -0.15) is 0 Å². The molecular formula is C10H15ClN2O. The second kappa shape index (κ2) is 4.24. The van der Waals surface area contributed by atoms with Crippen LogP contribution in [0.5, 0.6) is 0 Å². The van der Waals surface area contributed by atoms with Crippen molar-refractivity contribution >= 4 is 11.6 Å². The molecule has 1 N–H and O–H groups in total. The molecule has 0 aliphatic heterocycles. The Balaban J connectivity index is 2.65. The quantitative estimate of drug-likeness (QED) is 0.820. The molecule has 0 bridgehead atoms. The first-order valence-corrected chi connectivity index (χ1v) is 4.92. The van der Waals surface area contributed by atoms with Gasteiger partial charge in [0.1, 0.15) is 5.82 Å². The van der Waals surface area contributed by atoms with Gasteiger partial charge in [-0.3, -0.25) is 0 Å². The Morgan fingerprint density at radius 3 is 2.29 bits per heavy atom. The Morgan fingerprint density at radius 2 is 1.86 bits per heavy atom. The summed E-state index contributed by atoms with van der Waals surface area (Å²) in [6, 6.07) is 0. The summed E-state index contributed by atoms with van der Waals surface area (Å²) < 4.78 is 0. The van der Waals surface area contributed by atoms with Crippen LogP contribution in [0.1, 0.15) is 26.6 Å². The van der Waals surface area contributed by atoms with Crippen LogP contribution in [0.3, 0.4) is 0 Å². The largest absolute Gasteiger partial charge is 0.392 e. The number of rotatable bonds is 2. The van der Waals surface area contributed by atoms with Crippen LogP contribution < -0.4 is 0 Å². The first kappa shape index (κ1) is 11.4. The maximum absolute atomic E-state index is 9.80. The van der Waals surface area contributed by atoms with Gasteiger partial charge in [-0.1, -0.05) is 32.4 Å². The van der Waals surface area contributed by atoms with Crippen LogP contribution in [-0.2, 0) is 6.42 Å². The normalized spacial score (nSPS) is 14.1. The van der Waals surface area contributed by atoms with Crippen molar-refractivity contribution in [2.24, 2.45) is 5.41 Å². The molecule has 4 heteroatoms. The molecule has 14 heavy (non-hydrogen) atoms. The van der Waals surface area contributed by atoms with Crippen LogP contribution >= 0.6 is 11.6 Å². The van der Waals surface area contributed by atoms with Gasteiger partial charge in [0, 0.05) is 18.8 Å². The molecule has 0 amide bonds. The maximum Gasteiger partial charge on any atom is 0.130 e. The minimum Gasteiger partial charge on any atom is -0.392 e. The molecule has 3 nitrogen and oxygen atoms in total. The lowest BCUT2D eigenvalue weighted by molar-refractivity contribution is 0.0618. The molecular weight excluding hydrogens is 200 g/mol. The SMILES string of the molecule is CC(C)(C)C(O)Cc1ncc(Cl)cn1. The lowest BCUT2D eigenvalue weighted by atomic mass is 9.87. The highest BCUT2D eigenvalue weighted by Gasteiger charge is 2.23. The molecule has 1 heterocycles. The lowest BCUT2D eigenvalue weighted by Gasteiger charge is -2.24. The molecule has 78 valence electrons. The fourth-order valence-corrected chi connectivity index (χ4v) is 1.02. The number of aliphatic hydroxyl groups is 1. The Kier molecular flexibility index (Phi) is 3.45.